The Balaban J connectivity index is 2.31. The van der Waals surface area contributed by atoms with E-state index in [1.165, 1.54) is 14.2 Å². The van der Waals surface area contributed by atoms with E-state index in [1.807, 2.05) is 6.07 Å². The molecule has 0 radical (unpaired) electrons. The highest BCUT2D eigenvalue weighted by Gasteiger charge is 2.65. The quantitative estimate of drug-likeness (QED) is 0.352. The Hall–Kier alpha value is -2.07. The summed E-state index contributed by atoms with van der Waals surface area (Å²) < 4.78 is 76.9. The van der Waals surface area contributed by atoms with E-state index in [2.05, 4.69) is 5.10 Å². The molecular formula is C17H14Cl2F5N3O3S. The van der Waals surface area contributed by atoms with Gasteiger partial charge < -0.3 is 9.47 Å². The highest BCUT2D eigenvalue weighted by molar-refractivity contribution is 8.45. The van der Waals surface area contributed by atoms with Crippen molar-refractivity contribution >= 4 is 39.4 Å². The van der Waals surface area contributed by atoms with Gasteiger partial charge in [-0.15, -0.1) is 0 Å². The summed E-state index contributed by atoms with van der Waals surface area (Å²) in [5.41, 5.74) is -1.52. The summed E-state index contributed by atoms with van der Waals surface area (Å²) in [5, 5.41) is 12.0. The van der Waals surface area contributed by atoms with Gasteiger partial charge in [0, 0.05) is 12.7 Å². The van der Waals surface area contributed by atoms with Crippen LogP contribution in [0.15, 0.2) is 17.0 Å². The average Bonchev–Trinajstić information content (AvgIpc) is 3.36. The van der Waals surface area contributed by atoms with E-state index in [0.717, 1.165) is 4.68 Å². The van der Waals surface area contributed by atoms with E-state index in [4.69, 9.17) is 32.7 Å². The highest BCUT2D eigenvalue weighted by atomic mass is 35.5. The molecule has 170 valence electrons. The van der Waals surface area contributed by atoms with Crippen LogP contribution >= 0.6 is 33.4 Å². The van der Waals surface area contributed by atoms with Crippen molar-refractivity contribution in [3.8, 4) is 11.8 Å². The van der Waals surface area contributed by atoms with Gasteiger partial charge in [-0.2, -0.15) is 10.4 Å². The largest absolute Gasteiger partial charge is 0.468 e. The first-order chi connectivity index (χ1) is 14.1. The minimum Gasteiger partial charge on any atom is -0.468 e. The summed E-state index contributed by atoms with van der Waals surface area (Å²) >= 11 is 11.8. The third kappa shape index (κ3) is 4.07. The molecule has 3 rings (SSSR count). The minimum atomic E-state index is -10.1. The van der Waals surface area contributed by atoms with E-state index >= 15 is 0 Å². The second-order valence-electron chi connectivity index (χ2n) is 6.91. The Kier molecular flexibility index (Phi) is 5.11. The molecule has 14 heteroatoms. The highest BCUT2D eigenvalue weighted by Crippen LogP contribution is 3.02. The number of methoxy groups -OCH3 is 2. The van der Waals surface area contributed by atoms with Crippen LogP contribution in [0.3, 0.4) is 0 Å². The molecule has 0 bridgehead atoms. The molecule has 0 N–H and O–H groups in total. The number of ether oxygens (including phenoxy) is 2. The fourth-order valence-corrected chi connectivity index (χ4v) is 4.79. The smallest absolute Gasteiger partial charge is 0.316 e. The lowest BCUT2D eigenvalue weighted by Gasteiger charge is -2.40. The maximum atomic E-state index is 13.2. The summed E-state index contributed by atoms with van der Waals surface area (Å²) in [4.78, 5) is 10.1. The fraction of sp³-hybridized carbons (Fsp3) is 0.353. The van der Waals surface area contributed by atoms with Crippen LogP contribution < -0.4 is 0 Å². The van der Waals surface area contributed by atoms with Gasteiger partial charge in [-0.3, -0.25) is 4.79 Å². The molecule has 31 heavy (non-hydrogen) atoms. The number of benzene rings is 1. The Labute approximate surface area is 183 Å². The number of esters is 1. The lowest BCUT2D eigenvalue weighted by molar-refractivity contribution is -0.143. The van der Waals surface area contributed by atoms with Gasteiger partial charge in [0.15, 0.2) is 5.69 Å². The van der Waals surface area contributed by atoms with Crippen molar-refractivity contribution in [2.75, 3.05) is 14.2 Å². The molecule has 0 amide bonds. The lowest BCUT2D eigenvalue weighted by atomic mass is 9.93. The number of rotatable bonds is 6. The second-order valence-corrected chi connectivity index (χ2v) is 10.1. The number of hydrogen-bond donors (Lipinski definition) is 0. The van der Waals surface area contributed by atoms with Crippen LogP contribution in [0.25, 0.3) is 5.69 Å². The zero-order valence-electron chi connectivity index (χ0n) is 15.9. The second kappa shape index (κ2) is 6.71. The minimum absolute atomic E-state index is 0.0432. The van der Waals surface area contributed by atoms with Crippen LogP contribution in [-0.4, -0.2) is 30.0 Å². The van der Waals surface area contributed by atoms with E-state index in [9.17, 15) is 29.5 Å². The van der Waals surface area contributed by atoms with Gasteiger partial charge in [-0.05, 0) is 25.0 Å². The van der Waals surface area contributed by atoms with Gasteiger partial charge in [-0.1, -0.05) is 42.6 Å². The molecule has 1 fully saturated rings. The van der Waals surface area contributed by atoms with Crippen LogP contribution in [0.1, 0.15) is 29.8 Å². The molecule has 1 aromatic heterocycles. The van der Waals surface area contributed by atoms with E-state index in [-0.39, 0.29) is 41.4 Å². The predicted octanol–water partition coefficient (Wildman–Crippen LogP) is 6.06. The van der Waals surface area contributed by atoms with Crippen LogP contribution in [0.5, 0.6) is 0 Å². The van der Waals surface area contributed by atoms with Crippen molar-refractivity contribution in [1.82, 2.24) is 9.78 Å². The number of carbonyl (C=O) groups is 1. The molecule has 1 aromatic carbocycles. The first-order valence-corrected chi connectivity index (χ1v) is 11.1. The van der Waals surface area contributed by atoms with Crippen LogP contribution in [0.2, 0.25) is 10.0 Å². The molecule has 1 heterocycles. The Bertz CT molecular complexity index is 1120. The standard InChI is InChI=1S/C17H14Cl2F5N3O3S/c1-29-8-13-14(17(3-4-17)16(28)30-2)12(7-25)26-27(13)15-10(18)5-9(6-11(15)19)31(20,21,22,23)24/h5-6H,3-4,8H2,1-2H3. The SMILES string of the molecule is COCc1c(C2(C(=O)OC)CC2)c(C#N)nn1-c1c(Cl)cc(S(F)(F)(F)(F)F)cc1Cl. The molecule has 2 aromatic rings. The zero-order valence-corrected chi connectivity index (χ0v) is 18.2. The molecule has 0 atom stereocenters. The molecule has 1 aliphatic rings. The summed E-state index contributed by atoms with van der Waals surface area (Å²) in [6, 6.07) is 1.91. The molecule has 6 nitrogen and oxygen atoms in total. The van der Waals surface area contributed by atoms with Gasteiger partial charge >= 0.3 is 16.2 Å². The molecule has 0 spiro atoms. The van der Waals surface area contributed by atoms with Gasteiger partial charge in [-0.25, -0.2) is 4.68 Å². The van der Waals surface area contributed by atoms with Gasteiger partial charge in [0.2, 0.25) is 0 Å². The Morgan fingerprint density at radius 1 is 1.23 bits per heavy atom. The number of nitriles is 1. The average molecular weight is 506 g/mol. The topological polar surface area (TPSA) is 77.1 Å². The number of carbonyl (C=O) groups excluding carboxylic acids is 1. The normalized spacial score (nSPS) is 17.4. The molecular weight excluding hydrogens is 492 g/mol. The first kappa shape index (κ1) is 23.6. The van der Waals surface area contributed by atoms with Crippen molar-refractivity contribution in [3.05, 3.63) is 39.1 Å². The monoisotopic (exact) mass is 505 g/mol. The molecule has 0 saturated heterocycles. The molecule has 0 aliphatic heterocycles. The van der Waals surface area contributed by atoms with Gasteiger partial charge in [0.25, 0.3) is 0 Å². The summed E-state index contributed by atoms with van der Waals surface area (Å²) in [6.45, 7) is -0.237. The van der Waals surface area contributed by atoms with Crippen LogP contribution in [0, 0.1) is 11.3 Å². The van der Waals surface area contributed by atoms with Crippen molar-refractivity contribution in [3.63, 3.8) is 0 Å². The fourth-order valence-electron chi connectivity index (χ4n) is 3.33. The third-order valence-corrected chi connectivity index (χ3v) is 6.52. The molecule has 1 aliphatic carbocycles. The Morgan fingerprint density at radius 3 is 2.16 bits per heavy atom. The Morgan fingerprint density at radius 2 is 1.77 bits per heavy atom. The summed E-state index contributed by atoms with van der Waals surface area (Å²) in [5.74, 6) is -0.630. The van der Waals surface area contributed by atoms with Crippen LogP contribution in [-0.2, 0) is 26.3 Å². The number of halogens is 7. The maximum Gasteiger partial charge on any atom is 0.316 e. The van der Waals surface area contributed by atoms with E-state index < -0.39 is 36.5 Å². The lowest BCUT2D eigenvalue weighted by Crippen LogP contribution is -2.24. The number of nitrogens with zero attached hydrogens (tertiary/aromatic N) is 3. The van der Waals surface area contributed by atoms with Gasteiger partial charge in [0.1, 0.15) is 16.7 Å². The summed E-state index contributed by atoms with van der Waals surface area (Å²) in [7, 11) is -7.59. The van der Waals surface area contributed by atoms with Gasteiger partial charge in [0.05, 0.1) is 34.9 Å². The van der Waals surface area contributed by atoms with E-state index in [0.29, 0.717) is 12.8 Å². The third-order valence-electron chi connectivity index (χ3n) is 4.82. The molecule has 1 saturated carbocycles. The number of hydrogen-bond acceptors (Lipinski definition) is 5. The first-order valence-electron chi connectivity index (χ1n) is 8.43. The van der Waals surface area contributed by atoms with Crippen molar-refractivity contribution in [2.24, 2.45) is 0 Å². The zero-order chi connectivity index (χ0) is 23.5. The van der Waals surface area contributed by atoms with Crippen LogP contribution in [0.4, 0.5) is 19.4 Å². The van der Waals surface area contributed by atoms with Crippen molar-refractivity contribution < 1.29 is 33.7 Å². The number of aromatic nitrogens is 2. The van der Waals surface area contributed by atoms with Crippen molar-refractivity contribution in [1.29, 1.82) is 5.26 Å². The van der Waals surface area contributed by atoms with E-state index in [1.54, 1.807) is 0 Å². The predicted molar refractivity (Wildman–Crippen MR) is 103 cm³/mol. The summed E-state index contributed by atoms with van der Waals surface area (Å²) in [6.07, 6.45) is 0.669. The van der Waals surface area contributed by atoms with Crippen molar-refractivity contribution in [2.45, 2.75) is 29.8 Å². The maximum absolute atomic E-state index is 13.2. The molecule has 0 unspecified atom stereocenters.